The van der Waals surface area contributed by atoms with Gasteiger partial charge in [0.1, 0.15) is 0 Å². The van der Waals surface area contributed by atoms with Crippen LogP contribution in [0.1, 0.15) is 41.6 Å². The number of benzene rings is 1. The van der Waals surface area contributed by atoms with Crippen LogP contribution < -0.4 is 10.6 Å². The summed E-state index contributed by atoms with van der Waals surface area (Å²) in [6.07, 6.45) is 5.93. The van der Waals surface area contributed by atoms with Gasteiger partial charge in [0.15, 0.2) is 0 Å². The average molecular weight is 432 g/mol. The first kappa shape index (κ1) is 22.3. The van der Waals surface area contributed by atoms with E-state index in [1.165, 1.54) is 0 Å². The summed E-state index contributed by atoms with van der Waals surface area (Å²) in [5, 5.41) is 10.6. The minimum Gasteiger partial charge on any atom is -0.339 e. The molecule has 30 heavy (non-hydrogen) atoms. The number of hydrogen-bond acceptors (Lipinski definition) is 4. The van der Waals surface area contributed by atoms with Crippen LogP contribution in [0.3, 0.4) is 0 Å². The average Bonchev–Trinajstić information content (AvgIpc) is 3.37. The predicted octanol–water partition coefficient (Wildman–Crippen LogP) is 2.66. The first-order valence-electron chi connectivity index (χ1n) is 10.4. The van der Waals surface area contributed by atoms with Crippen molar-refractivity contribution in [3.63, 3.8) is 0 Å². The van der Waals surface area contributed by atoms with Crippen molar-refractivity contribution < 1.29 is 9.59 Å². The second-order valence-electron chi connectivity index (χ2n) is 8.36. The highest BCUT2D eigenvalue weighted by molar-refractivity contribution is 5.96. The van der Waals surface area contributed by atoms with Gasteiger partial charge in [-0.25, -0.2) is 0 Å². The molecule has 162 valence electrons. The van der Waals surface area contributed by atoms with E-state index in [2.05, 4.69) is 22.7 Å². The van der Waals surface area contributed by atoms with E-state index < -0.39 is 0 Å². The van der Waals surface area contributed by atoms with E-state index in [9.17, 15) is 9.59 Å². The number of aryl methyl sites for hydroxylation is 1. The van der Waals surface area contributed by atoms with Crippen molar-refractivity contribution in [1.82, 2.24) is 20.0 Å². The zero-order valence-corrected chi connectivity index (χ0v) is 18.3. The number of likely N-dealkylation sites (tertiary alicyclic amines) is 1. The molecule has 7 nitrogen and oxygen atoms in total. The fourth-order valence-corrected chi connectivity index (χ4v) is 4.26. The monoisotopic (exact) mass is 431 g/mol. The molecule has 2 aliphatic heterocycles. The van der Waals surface area contributed by atoms with E-state index in [0.717, 1.165) is 43.7 Å². The van der Waals surface area contributed by atoms with Crippen molar-refractivity contribution in [2.45, 2.75) is 25.7 Å². The molecule has 0 saturated carbocycles. The highest BCUT2D eigenvalue weighted by Gasteiger charge is 2.34. The van der Waals surface area contributed by atoms with E-state index in [0.29, 0.717) is 18.0 Å². The summed E-state index contributed by atoms with van der Waals surface area (Å²) < 4.78 is 1.77. The maximum Gasteiger partial charge on any atom is 0.253 e. The fourth-order valence-electron chi connectivity index (χ4n) is 4.26. The number of carbonyl (C=O) groups is 2. The lowest BCUT2D eigenvalue weighted by Gasteiger charge is -2.30. The highest BCUT2D eigenvalue weighted by Crippen LogP contribution is 2.29. The molecule has 0 spiro atoms. The molecule has 2 aromatic rings. The van der Waals surface area contributed by atoms with Crippen molar-refractivity contribution in [3.8, 4) is 0 Å². The first-order valence-corrected chi connectivity index (χ1v) is 10.4. The molecule has 2 amide bonds. The predicted molar refractivity (Wildman–Crippen MR) is 119 cm³/mol. The van der Waals surface area contributed by atoms with Gasteiger partial charge in [-0.05, 0) is 48.6 Å². The summed E-state index contributed by atoms with van der Waals surface area (Å²) in [5.41, 5.74) is 2.47. The normalized spacial score (nSPS) is 21.9. The third-order valence-electron chi connectivity index (χ3n) is 6.17. The molecule has 4 rings (SSSR count). The van der Waals surface area contributed by atoms with E-state index in [4.69, 9.17) is 0 Å². The quantitative estimate of drug-likeness (QED) is 0.780. The Kier molecular flexibility index (Phi) is 7.15. The summed E-state index contributed by atoms with van der Waals surface area (Å²) >= 11 is 0. The Labute approximate surface area is 183 Å². The number of nitrogens with zero attached hydrogens (tertiary/aromatic N) is 3. The van der Waals surface area contributed by atoms with Crippen molar-refractivity contribution in [2.24, 2.45) is 18.9 Å². The summed E-state index contributed by atoms with van der Waals surface area (Å²) in [7, 11) is 1.88. The number of aromatic nitrogens is 2. The number of nitrogens with one attached hydrogen (secondary N) is 2. The number of piperidine rings is 1. The van der Waals surface area contributed by atoms with Crippen LogP contribution in [0.15, 0.2) is 36.7 Å². The van der Waals surface area contributed by atoms with Gasteiger partial charge in [0.2, 0.25) is 5.91 Å². The van der Waals surface area contributed by atoms with E-state index in [-0.39, 0.29) is 36.1 Å². The molecule has 0 radical (unpaired) electrons. The Balaban J connectivity index is 0.00000256. The van der Waals surface area contributed by atoms with Gasteiger partial charge in [0.25, 0.3) is 5.91 Å². The van der Waals surface area contributed by atoms with Gasteiger partial charge in [-0.15, -0.1) is 12.4 Å². The second kappa shape index (κ2) is 9.62. The zero-order valence-electron chi connectivity index (χ0n) is 17.5. The molecule has 2 atom stereocenters. The van der Waals surface area contributed by atoms with Gasteiger partial charge in [0, 0.05) is 56.6 Å². The number of amides is 2. The smallest absolute Gasteiger partial charge is 0.253 e. The Morgan fingerprint density at radius 2 is 1.83 bits per heavy atom. The third kappa shape index (κ3) is 4.84. The van der Waals surface area contributed by atoms with Gasteiger partial charge in [-0.3, -0.25) is 14.3 Å². The van der Waals surface area contributed by atoms with Crippen LogP contribution in [-0.2, 0) is 11.8 Å². The fraction of sp³-hybridized carbons (Fsp3) is 0.500. The molecule has 2 N–H and O–H groups in total. The SMILES string of the molecule is CC1CCN(C(=O)c2ccc(NC(=O)[C@H]3CNC[C@@H]3c3cnn(C)c3)cc2)CC1.Cl. The largest absolute Gasteiger partial charge is 0.339 e. The molecule has 0 unspecified atom stereocenters. The zero-order chi connectivity index (χ0) is 20.4. The molecule has 0 bridgehead atoms. The van der Waals surface area contributed by atoms with Gasteiger partial charge in [-0.2, -0.15) is 5.10 Å². The third-order valence-corrected chi connectivity index (χ3v) is 6.17. The number of anilines is 1. The van der Waals surface area contributed by atoms with E-state index in [1.54, 1.807) is 4.68 Å². The molecule has 2 aliphatic rings. The second-order valence-corrected chi connectivity index (χ2v) is 8.36. The maximum atomic E-state index is 12.8. The molecule has 2 saturated heterocycles. The van der Waals surface area contributed by atoms with Gasteiger partial charge in [0.05, 0.1) is 12.1 Å². The van der Waals surface area contributed by atoms with Crippen LogP contribution in [0, 0.1) is 11.8 Å². The minimum absolute atomic E-state index is 0. The van der Waals surface area contributed by atoms with Crippen molar-refractivity contribution in [1.29, 1.82) is 0 Å². The van der Waals surface area contributed by atoms with Crippen molar-refractivity contribution in [3.05, 3.63) is 47.8 Å². The van der Waals surface area contributed by atoms with Crippen molar-refractivity contribution in [2.75, 3.05) is 31.5 Å². The molecule has 1 aromatic carbocycles. The molecular formula is C22H30ClN5O2. The van der Waals surface area contributed by atoms with Crippen LogP contribution >= 0.6 is 12.4 Å². The van der Waals surface area contributed by atoms with Gasteiger partial charge >= 0.3 is 0 Å². The molecule has 3 heterocycles. The standard InChI is InChI=1S/C22H29N5O2.ClH/c1-15-7-9-27(10-8-15)22(29)16-3-5-18(6-4-16)25-21(28)20-13-23-12-19(20)17-11-24-26(2)14-17;/h3-6,11,14-15,19-20,23H,7-10,12-13H2,1-2H3,(H,25,28);1H/t19-,20+;/m1./s1. The molecule has 8 heteroatoms. The number of hydrogen-bond donors (Lipinski definition) is 2. The van der Waals surface area contributed by atoms with E-state index in [1.807, 2.05) is 48.6 Å². The number of carbonyl (C=O) groups excluding carboxylic acids is 2. The van der Waals surface area contributed by atoms with Crippen molar-refractivity contribution >= 4 is 29.9 Å². The van der Waals surface area contributed by atoms with E-state index >= 15 is 0 Å². The minimum atomic E-state index is -0.143. The maximum absolute atomic E-state index is 12.8. The first-order chi connectivity index (χ1) is 14.0. The molecule has 0 aliphatic carbocycles. The number of halogens is 1. The molecular weight excluding hydrogens is 402 g/mol. The van der Waals surface area contributed by atoms with Crippen LogP contribution in [-0.4, -0.2) is 52.7 Å². The number of rotatable bonds is 4. The Bertz CT molecular complexity index is 874. The summed E-state index contributed by atoms with van der Waals surface area (Å²) in [6, 6.07) is 7.25. The van der Waals surface area contributed by atoms with Crippen LogP contribution in [0.2, 0.25) is 0 Å². The summed E-state index contributed by atoms with van der Waals surface area (Å²) in [5.74, 6) is 0.735. The lowest BCUT2D eigenvalue weighted by molar-refractivity contribution is -0.119. The summed E-state index contributed by atoms with van der Waals surface area (Å²) in [6.45, 7) is 5.30. The van der Waals surface area contributed by atoms with Gasteiger partial charge < -0.3 is 15.5 Å². The Hall–Kier alpha value is -2.38. The Morgan fingerprint density at radius 3 is 2.47 bits per heavy atom. The Morgan fingerprint density at radius 1 is 1.13 bits per heavy atom. The van der Waals surface area contributed by atoms with Crippen LogP contribution in [0.4, 0.5) is 5.69 Å². The van der Waals surface area contributed by atoms with Crippen LogP contribution in [0.25, 0.3) is 0 Å². The lowest BCUT2D eigenvalue weighted by atomic mass is 9.90. The topological polar surface area (TPSA) is 79.3 Å². The highest BCUT2D eigenvalue weighted by atomic mass is 35.5. The summed E-state index contributed by atoms with van der Waals surface area (Å²) in [4.78, 5) is 27.4. The van der Waals surface area contributed by atoms with Crippen LogP contribution in [0.5, 0.6) is 0 Å². The lowest BCUT2D eigenvalue weighted by Crippen LogP contribution is -2.37. The molecule has 2 fully saturated rings. The molecule has 1 aromatic heterocycles. The van der Waals surface area contributed by atoms with Gasteiger partial charge in [-0.1, -0.05) is 6.92 Å².